The minimum Gasteiger partial charge on any atom is -0.384 e. The molecule has 0 aliphatic heterocycles. The third-order valence-electron chi connectivity index (χ3n) is 1.90. The molecule has 2 atom stereocenters. The van der Waals surface area contributed by atoms with Gasteiger partial charge in [0.15, 0.2) is 0 Å². The lowest BCUT2D eigenvalue weighted by atomic mass is 9.94. The van der Waals surface area contributed by atoms with E-state index in [4.69, 9.17) is 4.74 Å². The van der Waals surface area contributed by atoms with Crippen molar-refractivity contribution in [3.8, 4) is 0 Å². The van der Waals surface area contributed by atoms with Gasteiger partial charge >= 0.3 is 0 Å². The van der Waals surface area contributed by atoms with Crippen molar-refractivity contribution >= 4 is 15.9 Å². The second-order valence-electron chi connectivity index (χ2n) is 2.87. The summed E-state index contributed by atoms with van der Waals surface area (Å²) in [5.41, 5.74) is 0. The van der Waals surface area contributed by atoms with Crippen LogP contribution in [0.2, 0.25) is 0 Å². The molecule has 0 saturated heterocycles. The highest BCUT2D eigenvalue weighted by Gasteiger charge is 2.13. The zero-order valence-corrected chi connectivity index (χ0v) is 8.93. The van der Waals surface area contributed by atoms with E-state index in [9.17, 15) is 0 Å². The van der Waals surface area contributed by atoms with Crippen LogP contribution < -0.4 is 0 Å². The molecular weight excluding hydrogens is 204 g/mol. The maximum absolute atomic E-state index is 5.08. The third-order valence-corrected chi connectivity index (χ3v) is 2.73. The fourth-order valence-electron chi connectivity index (χ4n) is 1.06. The smallest absolute Gasteiger partial charge is 0.0490 e. The van der Waals surface area contributed by atoms with Crippen molar-refractivity contribution in [2.75, 3.05) is 19.0 Å². The van der Waals surface area contributed by atoms with Crippen molar-refractivity contribution in [3.63, 3.8) is 0 Å². The Bertz CT molecular complexity index is 104. The molecule has 0 saturated carbocycles. The zero-order valence-electron chi connectivity index (χ0n) is 7.35. The molecule has 0 fully saturated rings. The second-order valence-corrected chi connectivity index (χ2v) is 3.52. The maximum atomic E-state index is 5.08. The Morgan fingerprint density at radius 3 is 2.64 bits per heavy atom. The molecule has 0 aromatic heterocycles. The summed E-state index contributed by atoms with van der Waals surface area (Å²) in [6.45, 7) is 6.77. The van der Waals surface area contributed by atoms with Crippen LogP contribution in [0, 0.1) is 11.8 Å². The maximum Gasteiger partial charge on any atom is 0.0490 e. The molecule has 0 aromatic carbocycles. The largest absolute Gasteiger partial charge is 0.384 e. The molecule has 0 rings (SSSR count). The summed E-state index contributed by atoms with van der Waals surface area (Å²) in [6.07, 6.45) is 3.04. The van der Waals surface area contributed by atoms with Gasteiger partial charge in [0.25, 0.3) is 0 Å². The Morgan fingerprint density at radius 2 is 2.27 bits per heavy atom. The zero-order chi connectivity index (χ0) is 8.69. The Balaban J connectivity index is 3.70. The number of allylic oxidation sites excluding steroid dienone is 1. The SMILES string of the molecule is C=CCC(CBr)C(C)COC. The molecule has 0 spiro atoms. The van der Waals surface area contributed by atoms with Gasteiger partial charge in [0.1, 0.15) is 0 Å². The van der Waals surface area contributed by atoms with Gasteiger partial charge in [-0.15, -0.1) is 6.58 Å². The van der Waals surface area contributed by atoms with Gasteiger partial charge in [0.05, 0.1) is 0 Å². The molecule has 0 aromatic rings. The molecule has 0 aliphatic carbocycles. The van der Waals surface area contributed by atoms with Gasteiger partial charge in [-0.2, -0.15) is 0 Å². The van der Waals surface area contributed by atoms with E-state index in [0.717, 1.165) is 18.4 Å². The number of halogens is 1. The molecule has 0 N–H and O–H groups in total. The standard InChI is InChI=1S/C9H17BrO/c1-4-5-9(6-10)8(2)7-11-3/h4,8-9H,1,5-7H2,2-3H3. The van der Waals surface area contributed by atoms with Crippen molar-refractivity contribution in [2.24, 2.45) is 11.8 Å². The molecule has 0 bridgehead atoms. The van der Waals surface area contributed by atoms with Gasteiger partial charge < -0.3 is 4.74 Å². The van der Waals surface area contributed by atoms with Gasteiger partial charge in [-0.25, -0.2) is 0 Å². The van der Waals surface area contributed by atoms with Crippen molar-refractivity contribution < 1.29 is 4.74 Å². The van der Waals surface area contributed by atoms with Crippen LogP contribution in [0.4, 0.5) is 0 Å². The Labute approximate surface area is 78.0 Å². The predicted octanol–water partition coefficient (Wildman–Crippen LogP) is 2.86. The van der Waals surface area contributed by atoms with Crippen LogP contribution in [0.1, 0.15) is 13.3 Å². The Kier molecular flexibility index (Phi) is 6.98. The average Bonchev–Trinajstić information content (AvgIpc) is 2.00. The highest BCUT2D eigenvalue weighted by atomic mass is 79.9. The number of hydrogen-bond donors (Lipinski definition) is 0. The summed E-state index contributed by atoms with van der Waals surface area (Å²) in [5, 5.41) is 1.03. The topological polar surface area (TPSA) is 9.23 Å². The molecule has 66 valence electrons. The fourth-order valence-corrected chi connectivity index (χ4v) is 1.96. The molecule has 0 aliphatic rings. The van der Waals surface area contributed by atoms with Crippen LogP contribution in [0.15, 0.2) is 12.7 Å². The summed E-state index contributed by atoms with van der Waals surface area (Å²) >= 11 is 3.48. The lowest BCUT2D eigenvalue weighted by Crippen LogP contribution is -2.17. The molecule has 1 nitrogen and oxygen atoms in total. The van der Waals surface area contributed by atoms with Gasteiger partial charge in [0, 0.05) is 19.0 Å². The number of ether oxygens (including phenoxy) is 1. The van der Waals surface area contributed by atoms with Crippen molar-refractivity contribution in [1.82, 2.24) is 0 Å². The first-order chi connectivity index (χ1) is 5.26. The number of methoxy groups -OCH3 is 1. The van der Waals surface area contributed by atoms with Crippen molar-refractivity contribution in [2.45, 2.75) is 13.3 Å². The van der Waals surface area contributed by atoms with Gasteiger partial charge in [-0.3, -0.25) is 0 Å². The van der Waals surface area contributed by atoms with Crippen molar-refractivity contribution in [1.29, 1.82) is 0 Å². The summed E-state index contributed by atoms with van der Waals surface area (Å²) < 4.78 is 5.08. The van der Waals surface area contributed by atoms with Crippen LogP contribution >= 0.6 is 15.9 Å². The number of hydrogen-bond acceptors (Lipinski definition) is 1. The molecular formula is C9H17BrO. The summed E-state index contributed by atoms with van der Waals surface area (Å²) in [4.78, 5) is 0. The Morgan fingerprint density at radius 1 is 1.64 bits per heavy atom. The van der Waals surface area contributed by atoms with Crippen LogP contribution in [-0.4, -0.2) is 19.0 Å². The van der Waals surface area contributed by atoms with Crippen LogP contribution in [-0.2, 0) is 4.74 Å². The lowest BCUT2D eigenvalue weighted by molar-refractivity contribution is 0.136. The van der Waals surface area contributed by atoms with Crippen LogP contribution in [0.5, 0.6) is 0 Å². The first-order valence-corrected chi connectivity index (χ1v) is 5.04. The molecule has 11 heavy (non-hydrogen) atoms. The second kappa shape index (κ2) is 6.86. The summed E-state index contributed by atoms with van der Waals surface area (Å²) in [7, 11) is 1.75. The van der Waals surface area contributed by atoms with Gasteiger partial charge in [-0.1, -0.05) is 28.9 Å². The van der Waals surface area contributed by atoms with Crippen LogP contribution in [0.25, 0.3) is 0 Å². The average molecular weight is 221 g/mol. The van der Waals surface area contributed by atoms with E-state index in [1.54, 1.807) is 7.11 Å². The van der Waals surface area contributed by atoms with Crippen molar-refractivity contribution in [3.05, 3.63) is 12.7 Å². The van der Waals surface area contributed by atoms with E-state index in [1.165, 1.54) is 0 Å². The number of rotatable bonds is 6. The van der Waals surface area contributed by atoms with E-state index < -0.39 is 0 Å². The van der Waals surface area contributed by atoms with E-state index >= 15 is 0 Å². The minimum atomic E-state index is 0.609. The molecule has 2 heteroatoms. The highest BCUT2D eigenvalue weighted by Crippen LogP contribution is 2.18. The molecule has 2 unspecified atom stereocenters. The Hall–Kier alpha value is 0.180. The lowest BCUT2D eigenvalue weighted by Gasteiger charge is -2.19. The van der Waals surface area contributed by atoms with E-state index in [1.807, 2.05) is 6.08 Å². The fraction of sp³-hybridized carbons (Fsp3) is 0.778. The first-order valence-electron chi connectivity index (χ1n) is 3.92. The van der Waals surface area contributed by atoms with Gasteiger partial charge in [-0.05, 0) is 18.3 Å². The minimum absolute atomic E-state index is 0.609. The van der Waals surface area contributed by atoms with E-state index in [-0.39, 0.29) is 0 Å². The highest BCUT2D eigenvalue weighted by molar-refractivity contribution is 9.09. The summed E-state index contributed by atoms with van der Waals surface area (Å²) in [6, 6.07) is 0. The summed E-state index contributed by atoms with van der Waals surface area (Å²) in [5.74, 6) is 1.27. The molecule has 0 amide bonds. The monoisotopic (exact) mass is 220 g/mol. The first kappa shape index (κ1) is 11.2. The van der Waals surface area contributed by atoms with Gasteiger partial charge in [0.2, 0.25) is 0 Å². The van der Waals surface area contributed by atoms with E-state index in [0.29, 0.717) is 11.8 Å². The normalized spacial score (nSPS) is 15.9. The van der Waals surface area contributed by atoms with E-state index in [2.05, 4.69) is 29.4 Å². The molecule has 0 radical (unpaired) electrons. The number of alkyl halides is 1. The molecule has 0 heterocycles. The quantitative estimate of drug-likeness (QED) is 0.495. The van der Waals surface area contributed by atoms with Crippen LogP contribution in [0.3, 0.4) is 0 Å². The third kappa shape index (κ3) is 4.59. The predicted molar refractivity (Wildman–Crippen MR) is 53.1 cm³/mol.